The Morgan fingerprint density at radius 1 is 1.25 bits per heavy atom. The molecule has 0 aliphatic rings. The van der Waals surface area contributed by atoms with E-state index in [4.69, 9.17) is 9.94 Å². The predicted octanol–water partition coefficient (Wildman–Crippen LogP) is 3.64. The molecule has 0 radical (unpaired) electrons. The lowest BCUT2D eigenvalue weighted by Crippen LogP contribution is -2.18. The number of nitrogens with zero attached hydrogens (tertiary/aromatic N) is 1. The number of carbonyl (C=O) groups excluding carboxylic acids is 1. The molecule has 0 fully saturated rings. The number of hydrogen-bond donors (Lipinski definition) is 2. The number of aromatic nitrogens is 1. The zero-order valence-corrected chi connectivity index (χ0v) is 12.7. The molecule has 2 aromatic carbocycles. The zero-order chi connectivity index (χ0) is 17.3. The van der Waals surface area contributed by atoms with Crippen molar-refractivity contribution in [2.45, 2.75) is 13.2 Å². The summed E-state index contributed by atoms with van der Waals surface area (Å²) in [5, 5.41) is 9.57. The fourth-order valence-electron chi connectivity index (χ4n) is 2.49. The summed E-state index contributed by atoms with van der Waals surface area (Å²) in [6, 6.07) is 10.4. The Balaban J connectivity index is 1.96. The molecule has 1 amide bonds. The summed E-state index contributed by atoms with van der Waals surface area (Å²) in [5.41, 5.74) is 2.48. The lowest BCUT2D eigenvalue weighted by atomic mass is 10.1. The van der Waals surface area contributed by atoms with Crippen LogP contribution >= 0.6 is 0 Å². The molecule has 3 aromatic rings. The first-order chi connectivity index (χ1) is 11.5. The molecule has 2 N–H and O–H groups in total. The normalized spacial score (nSPS) is 12.2. The van der Waals surface area contributed by atoms with Gasteiger partial charge in [0.1, 0.15) is 0 Å². The molecular formula is C17H14F2N2O3. The highest BCUT2D eigenvalue weighted by molar-refractivity contribution is 5.97. The van der Waals surface area contributed by atoms with Crippen molar-refractivity contribution in [2.24, 2.45) is 0 Å². The fourth-order valence-corrected chi connectivity index (χ4v) is 2.49. The molecular weight excluding hydrogens is 318 g/mol. The lowest BCUT2D eigenvalue weighted by Gasteiger charge is -2.18. The number of ether oxygens (including phenoxy) is 1. The third kappa shape index (κ3) is 2.81. The molecule has 1 heterocycles. The van der Waals surface area contributed by atoms with Gasteiger partial charge in [0, 0.05) is 11.8 Å². The van der Waals surface area contributed by atoms with Crippen molar-refractivity contribution in [3.8, 4) is 5.75 Å². The highest BCUT2D eigenvalue weighted by atomic mass is 19.2. The van der Waals surface area contributed by atoms with Gasteiger partial charge in [-0.25, -0.2) is 9.87 Å². The van der Waals surface area contributed by atoms with Gasteiger partial charge in [-0.15, -0.1) is 0 Å². The van der Waals surface area contributed by atoms with Crippen LogP contribution in [-0.4, -0.2) is 15.7 Å². The molecule has 0 spiro atoms. The smallest absolute Gasteiger partial charge is 0.274 e. The molecule has 0 bridgehead atoms. The Kier molecular flexibility index (Phi) is 4.18. The molecule has 0 saturated carbocycles. The topological polar surface area (TPSA) is 63.5 Å². The third-order valence-corrected chi connectivity index (χ3v) is 3.69. The van der Waals surface area contributed by atoms with Crippen molar-refractivity contribution >= 4 is 16.8 Å². The fraction of sp³-hybridized carbons (Fsp3) is 0.118. The van der Waals surface area contributed by atoms with Crippen LogP contribution in [0, 0.1) is 11.6 Å². The number of carbonyl (C=O) groups is 1. The summed E-state index contributed by atoms with van der Waals surface area (Å²) >= 11 is 0. The number of rotatable bonds is 4. The molecule has 0 aliphatic carbocycles. The van der Waals surface area contributed by atoms with Crippen molar-refractivity contribution in [1.29, 1.82) is 0 Å². The minimum Gasteiger partial charge on any atom is -0.467 e. The van der Waals surface area contributed by atoms with Gasteiger partial charge in [0.15, 0.2) is 17.8 Å². The van der Waals surface area contributed by atoms with Crippen LogP contribution in [0.2, 0.25) is 0 Å². The maximum Gasteiger partial charge on any atom is 0.274 e. The van der Waals surface area contributed by atoms with E-state index in [1.54, 1.807) is 47.4 Å². The van der Waals surface area contributed by atoms with E-state index in [1.165, 1.54) is 12.1 Å². The van der Waals surface area contributed by atoms with E-state index >= 15 is 0 Å². The molecule has 5 nitrogen and oxygen atoms in total. The van der Waals surface area contributed by atoms with Crippen molar-refractivity contribution in [2.75, 3.05) is 0 Å². The van der Waals surface area contributed by atoms with Crippen molar-refractivity contribution in [3.05, 3.63) is 65.9 Å². The highest BCUT2D eigenvalue weighted by Gasteiger charge is 2.15. The van der Waals surface area contributed by atoms with Gasteiger partial charge in [0.2, 0.25) is 5.82 Å². The first-order valence-corrected chi connectivity index (χ1v) is 7.17. The number of halogens is 2. The van der Waals surface area contributed by atoms with Gasteiger partial charge in [-0.1, -0.05) is 12.1 Å². The Morgan fingerprint density at radius 2 is 2.04 bits per heavy atom. The van der Waals surface area contributed by atoms with Crippen LogP contribution in [0.1, 0.15) is 23.5 Å². The second-order valence-electron chi connectivity index (χ2n) is 5.21. The maximum atomic E-state index is 13.7. The number of hydrogen-bond acceptors (Lipinski definition) is 3. The average molecular weight is 332 g/mol. The molecule has 3 rings (SSSR count). The first kappa shape index (κ1) is 15.9. The van der Waals surface area contributed by atoms with E-state index in [9.17, 15) is 13.6 Å². The minimum absolute atomic E-state index is 0.200. The molecule has 1 aromatic heterocycles. The van der Waals surface area contributed by atoms with Crippen LogP contribution in [0.4, 0.5) is 8.78 Å². The van der Waals surface area contributed by atoms with Gasteiger partial charge in [-0.2, -0.15) is 4.39 Å². The summed E-state index contributed by atoms with van der Waals surface area (Å²) in [6.07, 6.45) is 1.07. The number of amides is 1. The summed E-state index contributed by atoms with van der Waals surface area (Å²) < 4.78 is 34.2. The van der Waals surface area contributed by atoms with Crippen LogP contribution in [0.15, 0.2) is 48.7 Å². The van der Waals surface area contributed by atoms with E-state index in [0.717, 1.165) is 11.5 Å². The molecule has 0 saturated heterocycles. The zero-order valence-electron chi connectivity index (χ0n) is 12.7. The van der Waals surface area contributed by atoms with E-state index in [-0.39, 0.29) is 11.3 Å². The Hall–Kier alpha value is -2.93. The van der Waals surface area contributed by atoms with Crippen LogP contribution in [-0.2, 0) is 0 Å². The molecule has 0 aliphatic heterocycles. The third-order valence-electron chi connectivity index (χ3n) is 3.69. The van der Waals surface area contributed by atoms with Crippen molar-refractivity contribution in [1.82, 2.24) is 10.0 Å². The van der Waals surface area contributed by atoms with Crippen molar-refractivity contribution in [3.63, 3.8) is 0 Å². The van der Waals surface area contributed by atoms with Crippen LogP contribution < -0.4 is 10.2 Å². The Bertz CT molecular complexity index is 908. The monoisotopic (exact) mass is 332 g/mol. The van der Waals surface area contributed by atoms with Gasteiger partial charge in [0.05, 0.1) is 5.52 Å². The van der Waals surface area contributed by atoms with Gasteiger partial charge < -0.3 is 9.30 Å². The summed E-state index contributed by atoms with van der Waals surface area (Å²) in [7, 11) is 0. The quantitative estimate of drug-likeness (QED) is 0.566. The molecule has 124 valence electrons. The highest BCUT2D eigenvalue weighted by Crippen LogP contribution is 2.26. The van der Waals surface area contributed by atoms with E-state index in [0.29, 0.717) is 5.52 Å². The van der Waals surface area contributed by atoms with Gasteiger partial charge >= 0.3 is 0 Å². The molecule has 7 heteroatoms. The second-order valence-corrected chi connectivity index (χ2v) is 5.21. The summed E-state index contributed by atoms with van der Waals surface area (Å²) in [4.78, 5) is 11.5. The SMILES string of the molecule is CC(Oc1cccc(F)c1F)n1ccc2ccc(C(=O)NO)cc21. The Labute approximate surface area is 136 Å². The predicted molar refractivity (Wildman–Crippen MR) is 82.9 cm³/mol. The van der Waals surface area contributed by atoms with Crippen LogP contribution in [0.25, 0.3) is 10.9 Å². The Morgan fingerprint density at radius 3 is 2.79 bits per heavy atom. The summed E-state index contributed by atoms with van der Waals surface area (Å²) in [6.45, 7) is 1.67. The van der Waals surface area contributed by atoms with Crippen LogP contribution in [0.5, 0.6) is 5.75 Å². The lowest BCUT2D eigenvalue weighted by molar-refractivity contribution is 0.0706. The number of fused-ring (bicyclic) bond motifs is 1. The molecule has 1 atom stereocenters. The van der Waals surface area contributed by atoms with Gasteiger partial charge in [0.25, 0.3) is 5.91 Å². The van der Waals surface area contributed by atoms with E-state index in [1.807, 2.05) is 0 Å². The van der Waals surface area contributed by atoms with E-state index in [2.05, 4.69) is 0 Å². The van der Waals surface area contributed by atoms with Gasteiger partial charge in [-0.05, 0) is 42.6 Å². The van der Waals surface area contributed by atoms with E-state index < -0.39 is 23.8 Å². The largest absolute Gasteiger partial charge is 0.467 e. The second kappa shape index (κ2) is 6.29. The maximum absolute atomic E-state index is 13.7. The average Bonchev–Trinajstić information content (AvgIpc) is 3.01. The first-order valence-electron chi connectivity index (χ1n) is 7.17. The minimum atomic E-state index is -1.05. The van der Waals surface area contributed by atoms with Crippen molar-refractivity contribution < 1.29 is 23.5 Å². The number of hydroxylamine groups is 1. The van der Waals surface area contributed by atoms with Crippen LogP contribution in [0.3, 0.4) is 0 Å². The van der Waals surface area contributed by atoms with Gasteiger partial charge in [-0.3, -0.25) is 10.0 Å². The number of nitrogens with one attached hydrogen (secondary N) is 1. The summed E-state index contributed by atoms with van der Waals surface area (Å²) in [5.74, 6) is -2.89. The number of benzene rings is 2. The molecule has 24 heavy (non-hydrogen) atoms. The standard InChI is InChI=1S/C17H14F2N2O3/c1-10(24-15-4-2-3-13(18)16(15)19)21-8-7-11-5-6-12(9-14(11)21)17(22)20-23/h2-10,23H,1H3,(H,20,22). The molecule has 1 unspecified atom stereocenters.